The van der Waals surface area contributed by atoms with Gasteiger partial charge >= 0.3 is 0 Å². The zero-order valence-corrected chi connectivity index (χ0v) is 10.6. The monoisotopic (exact) mass is 195 g/mol. The van der Waals surface area contributed by atoms with Crippen LogP contribution >= 0.6 is 0 Å². The van der Waals surface area contributed by atoms with Crippen molar-refractivity contribution in [2.24, 2.45) is 5.92 Å². The number of hydrogen-bond acceptors (Lipinski definition) is 1. The number of rotatable bonds is 5. The Kier molecular flexibility index (Phi) is 6.35. The predicted molar refractivity (Wildman–Crippen MR) is 65.3 cm³/mol. The molecule has 0 aromatic heterocycles. The topological polar surface area (TPSA) is 12.0 Å². The Morgan fingerprint density at radius 3 is 2.14 bits per heavy atom. The Morgan fingerprint density at radius 2 is 1.86 bits per heavy atom. The van der Waals surface area contributed by atoms with E-state index in [1.165, 1.54) is 23.3 Å². The lowest BCUT2D eigenvalue weighted by Gasteiger charge is -2.19. The van der Waals surface area contributed by atoms with Crippen LogP contribution in [0.1, 0.15) is 47.5 Å². The summed E-state index contributed by atoms with van der Waals surface area (Å²) in [6, 6.07) is 0. The smallest absolute Gasteiger partial charge is 0.0355 e. The van der Waals surface area contributed by atoms with Crippen LogP contribution in [0.25, 0.3) is 0 Å². The van der Waals surface area contributed by atoms with Crippen molar-refractivity contribution in [3.8, 4) is 0 Å². The molecule has 0 aliphatic rings. The molecule has 0 amide bonds. The van der Waals surface area contributed by atoms with E-state index < -0.39 is 0 Å². The molecule has 0 aliphatic heterocycles. The van der Waals surface area contributed by atoms with Crippen LogP contribution in [0.3, 0.4) is 0 Å². The Hall–Kier alpha value is -0.720. The third kappa shape index (κ3) is 3.57. The third-order valence-electron chi connectivity index (χ3n) is 2.61. The molecule has 0 spiro atoms. The van der Waals surface area contributed by atoms with E-state index in [1.54, 1.807) is 0 Å². The van der Waals surface area contributed by atoms with Crippen molar-refractivity contribution in [2.75, 3.05) is 7.05 Å². The van der Waals surface area contributed by atoms with Crippen molar-refractivity contribution in [1.82, 2.24) is 5.32 Å². The van der Waals surface area contributed by atoms with Gasteiger partial charge in [-0.05, 0) is 38.2 Å². The van der Waals surface area contributed by atoms with E-state index in [0.717, 1.165) is 6.42 Å². The maximum atomic E-state index is 3.31. The minimum atomic E-state index is 0.646. The molecular formula is C13H25N. The fourth-order valence-corrected chi connectivity index (χ4v) is 1.67. The summed E-state index contributed by atoms with van der Waals surface area (Å²) in [6.45, 7) is 11.1. The molecule has 0 fully saturated rings. The van der Waals surface area contributed by atoms with Crippen molar-refractivity contribution < 1.29 is 0 Å². The van der Waals surface area contributed by atoms with Crippen molar-refractivity contribution in [3.63, 3.8) is 0 Å². The summed E-state index contributed by atoms with van der Waals surface area (Å²) in [5, 5.41) is 3.31. The molecule has 0 aliphatic carbocycles. The van der Waals surface area contributed by atoms with Crippen LogP contribution in [-0.2, 0) is 0 Å². The van der Waals surface area contributed by atoms with Gasteiger partial charge in [0.1, 0.15) is 0 Å². The number of likely N-dealkylation sites (N-methyl/N-ethyl adjacent to an activating group) is 1. The summed E-state index contributed by atoms with van der Waals surface area (Å²) in [4.78, 5) is 0. The van der Waals surface area contributed by atoms with Crippen LogP contribution in [0.2, 0.25) is 0 Å². The van der Waals surface area contributed by atoms with Crippen LogP contribution in [0.15, 0.2) is 22.9 Å². The van der Waals surface area contributed by atoms with Crippen LogP contribution in [0, 0.1) is 5.92 Å². The predicted octanol–water partition coefficient (Wildman–Crippen LogP) is 3.88. The van der Waals surface area contributed by atoms with Crippen LogP contribution in [0.4, 0.5) is 0 Å². The average Bonchev–Trinajstić information content (AvgIpc) is 2.16. The Labute approximate surface area is 89.3 Å². The molecule has 0 radical (unpaired) electrons. The van der Waals surface area contributed by atoms with E-state index in [4.69, 9.17) is 0 Å². The maximum Gasteiger partial charge on any atom is 0.0355 e. The van der Waals surface area contributed by atoms with Crippen molar-refractivity contribution >= 4 is 0 Å². The molecule has 1 heteroatoms. The highest BCUT2D eigenvalue weighted by Gasteiger charge is 2.11. The first-order chi connectivity index (χ1) is 6.58. The van der Waals surface area contributed by atoms with E-state index in [9.17, 15) is 0 Å². The highest BCUT2D eigenvalue weighted by atomic mass is 14.8. The quantitative estimate of drug-likeness (QED) is 0.656. The molecule has 1 nitrogen and oxygen atoms in total. The summed E-state index contributed by atoms with van der Waals surface area (Å²) in [7, 11) is 2.01. The molecule has 0 bridgehead atoms. The van der Waals surface area contributed by atoms with Gasteiger partial charge < -0.3 is 5.32 Å². The lowest BCUT2D eigenvalue weighted by atomic mass is 9.93. The first-order valence-corrected chi connectivity index (χ1v) is 5.64. The van der Waals surface area contributed by atoms with Gasteiger partial charge in [0.25, 0.3) is 0 Å². The number of hydrogen-bond donors (Lipinski definition) is 1. The largest absolute Gasteiger partial charge is 0.388 e. The van der Waals surface area contributed by atoms with Gasteiger partial charge in [0, 0.05) is 12.7 Å². The summed E-state index contributed by atoms with van der Waals surface area (Å²) in [6.07, 6.45) is 4.65. The minimum Gasteiger partial charge on any atom is -0.388 e. The Bertz CT molecular complexity index is 219. The molecule has 0 aromatic rings. The molecule has 1 atom stereocenters. The lowest BCUT2D eigenvalue weighted by molar-refractivity contribution is 0.645. The molecule has 0 saturated carbocycles. The fourth-order valence-electron chi connectivity index (χ4n) is 1.67. The maximum absolute atomic E-state index is 3.31. The van der Waals surface area contributed by atoms with Crippen molar-refractivity contribution in [2.45, 2.75) is 47.5 Å². The molecule has 14 heavy (non-hydrogen) atoms. The van der Waals surface area contributed by atoms with Gasteiger partial charge in [-0.3, -0.25) is 0 Å². The van der Waals surface area contributed by atoms with E-state index in [2.05, 4.69) is 46.0 Å². The van der Waals surface area contributed by atoms with Gasteiger partial charge in [-0.2, -0.15) is 0 Å². The van der Waals surface area contributed by atoms with E-state index in [-0.39, 0.29) is 0 Å². The van der Waals surface area contributed by atoms with Gasteiger partial charge in [0.05, 0.1) is 0 Å². The van der Waals surface area contributed by atoms with Crippen molar-refractivity contribution in [1.29, 1.82) is 0 Å². The molecule has 82 valence electrons. The SMILES string of the molecule is CC/C=C(\C(NC)=C(C)C)[C@@H](C)CC. The van der Waals surface area contributed by atoms with Gasteiger partial charge in [0.2, 0.25) is 0 Å². The number of allylic oxidation sites excluding steroid dienone is 3. The summed E-state index contributed by atoms with van der Waals surface area (Å²) >= 11 is 0. The first kappa shape index (κ1) is 13.3. The molecule has 1 N–H and O–H groups in total. The highest BCUT2D eigenvalue weighted by molar-refractivity contribution is 5.34. The minimum absolute atomic E-state index is 0.646. The standard InChI is InChI=1S/C13H25N/c1-7-9-12(11(5)8-2)13(14-6)10(3)4/h9,11,14H,7-8H2,1-6H3/b12-9-/t11-/m0/s1. The normalized spacial score (nSPS) is 13.7. The molecule has 0 saturated heterocycles. The summed E-state index contributed by atoms with van der Waals surface area (Å²) in [5.74, 6) is 0.646. The summed E-state index contributed by atoms with van der Waals surface area (Å²) < 4.78 is 0. The van der Waals surface area contributed by atoms with E-state index in [0.29, 0.717) is 5.92 Å². The highest BCUT2D eigenvalue weighted by Crippen LogP contribution is 2.23. The van der Waals surface area contributed by atoms with Crippen LogP contribution < -0.4 is 5.32 Å². The second kappa shape index (κ2) is 6.69. The number of nitrogens with one attached hydrogen (secondary N) is 1. The Morgan fingerprint density at radius 1 is 1.29 bits per heavy atom. The van der Waals surface area contributed by atoms with Crippen LogP contribution in [-0.4, -0.2) is 7.05 Å². The van der Waals surface area contributed by atoms with E-state index >= 15 is 0 Å². The second-order valence-corrected chi connectivity index (χ2v) is 4.00. The summed E-state index contributed by atoms with van der Waals surface area (Å²) in [5.41, 5.74) is 4.16. The third-order valence-corrected chi connectivity index (χ3v) is 2.61. The van der Waals surface area contributed by atoms with Crippen LogP contribution in [0.5, 0.6) is 0 Å². The van der Waals surface area contributed by atoms with Gasteiger partial charge in [-0.15, -0.1) is 0 Å². The van der Waals surface area contributed by atoms with Gasteiger partial charge in [0.15, 0.2) is 0 Å². The van der Waals surface area contributed by atoms with Gasteiger partial charge in [-0.25, -0.2) is 0 Å². The zero-order chi connectivity index (χ0) is 11.1. The second-order valence-electron chi connectivity index (χ2n) is 4.00. The van der Waals surface area contributed by atoms with Gasteiger partial charge in [-0.1, -0.05) is 32.4 Å². The molecule has 0 heterocycles. The molecule has 0 unspecified atom stereocenters. The lowest BCUT2D eigenvalue weighted by Crippen LogP contribution is -2.14. The van der Waals surface area contributed by atoms with Crippen molar-refractivity contribution in [3.05, 3.63) is 22.9 Å². The first-order valence-electron chi connectivity index (χ1n) is 5.64. The molecule has 0 aromatic carbocycles. The average molecular weight is 195 g/mol. The fraction of sp³-hybridized carbons (Fsp3) is 0.692. The molecular weight excluding hydrogens is 170 g/mol. The Balaban J connectivity index is 5.01. The molecule has 0 rings (SSSR count). The zero-order valence-electron chi connectivity index (χ0n) is 10.6. The van der Waals surface area contributed by atoms with E-state index in [1.807, 2.05) is 7.05 Å².